The Morgan fingerprint density at radius 2 is 1.77 bits per heavy atom. The number of allylic oxidation sites excluding steroid dienone is 1. The van der Waals surface area contributed by atoms with Gasteiger partial charge in [0, 0.05) is 13.1 Å². The van der Waals surface area contributed by atoms with E-state index < -0.39 is 5.97 Å². The molecule has 1 N–H and O–H groups in total. The van der Waals surface area contributed by atoms with E-state index in [4.69, 9.17) is 19.3 Å². The van der Waals surface area contributed by atoms with Crippen molar-refractivity contribution < 1.29 is 24.1 Å². The molecule has 1 heterocycles. The Labute approximate surface area is 177 Å². The monoisotopic (exact) mass is 411 g/mol. The van der Waals surface area contributed by atoms with Crippen molar-refractivity contribution in [1.29, 1.82) is 0 Å². The number of aromatic carboxylic acids is 1. The molecule has 0 aliphatic carbocycles. The minimum atomic E-state index is -0.927. The highest BCUT2D eigenvalue weighted by molar-refractivity contribution is 5.87. The van der Waals surface area contributed by atoms with Gasteiger partial charge in [0.25, 0.3) is 0 Å². The molecule has 0 saturated heterocycles. The highest BCUT2D eigenvalue weighted by Gasteiger charge is 2.15. The van der Waals surface area contributed by atoms with Crippen molar-refractivity contribution in [3.05, 3.63) is 77.5 Å². The van der Waals surface area contributed by atoms with E-state index in [-0.39, 0.29) is 11.7 Å². The Kier molecular flexibility index (Phi) is 8.30. The summed E-state index contributed by atoms with van der Waals surface area (Å²) in [6, 6.07) is 14.6. The van der Waals surface area contributed by atoms with Crippen molar-refractivity contribution in [2.45, 2.75) is 32.2 Å². The highest BCUT2D eigenvalue weighted by atomic mass is 16.5. The van der Waals surface area contributed by atoms with Crippen LogP contribution in [0.25, 0.3) is 0 Å². The Bertz CT molecular complexity index is 816. The Hall–Kier alpha value is -2.83. The van der Waals surface area contributed by atoms with Gasteiger partial charge < -0.3 is 24.2 Å². The average molecular weight is 411 g/mol. The van der Waals surface area contributed by atoms with E-state index in [1.807, 2.05) is 24.3 Å². The molecule has 0 bridgehead atoms. The topological polar surface area (TPSA) is 68.2 Å². The maximum Gasteiger partial charge on any atom is 0.335 e. The molecule has 1 aliphatic heterocycles. The minimum absolute atomic E-state index is 0.0758. The fourth-order valence-electron chi connectivity index (χ4n) is 3.27. The van der Waals surface area contributed by atoms with E-state index in [0.717, 1.165) is 42.8 Å². The summed E-state index contributed by atoms with van der Waals surface area (Å²) in [5.41, 5.74) is 2.29. The second kappa shape index (κ2) is 11.4. The first-order chi connectivity index (χ1) is 14.6. The first-order valence-electron chi connectivity index (χ1n) is 10.2. The van der Waals surface area contributed by atoms with E-state index in [0.29, 0.717) is 19.8 Å². The molecule has 2 aromatic carbocycles. The van der Waals surface area contributed by atoms with Gasteiger partial charge in [-0.3, -0.25) is 0 Å². The van der Waals surface area contributed by atoms with Crippen LogP contribution in [0.4, 0.5) is 0 Å². The molecule has 1 aliphatic rings. The number of nitrogens with zero attached hydrogens (tertiary/aromatic N) is 1. The molecule has 0 fully saturated rings. The molecule has 1 atom stereocenters. The van der Waals surface area contributed by atoms with Crippen LogP contribution in [0.15, 0.2) is 60.8 Å². The Morgan fingerprint density at radius 1 is 1.07 bits per heavy atom. The number of rotatable bonds is 11. The summed E-state index contributed by atoms with van der Waals surface area (Å²) in [5, 5.41) is 9.00. The van der Waals surface area contributed by atoms with Crippen LogP contribution >= 0.6 is 0 Å². The molecule has 0 radical (unpaired) electrons. The molecule has 30 heavy (non-hydrogen) atoms. The van der Waals surface area contributed by atoms with Crippen molar-refractivity contribution in [1.82, 2.24) is 4.90 Å². The van der Waals surface area contributed by atoms with Crippen LogP contribution in [0, 0.1) is 0 Å². The first-order valence-corrected chi connectivity index (χ1v) is 10.2. The lowest BCUT2D eigenvalue weighted by molar-refractivity contribution is -0.0398. The molecule has 2 aromatic rings. The largest absolute Gasteiger partial charge is 0.497 e. The number of carboxylic acids is 1. The van der Waals surface area contributed by atoms with Gasteiger partial charge in [0.1, 0.15) is 5.75 Å². The lowest BCUT2D eigenvalue weighted by Crippen LogP contribution is -2.35. The summed E-state index contributed by atoms with van der Waals surface area (Å²) in [6.45, 7) is 3.17. The zero-order chi connectivity index (χ0) is 21.2. The molecule has 160 valence electrons. The van der Waals surface area contributed by atoms with Crippen molar-refractivity contribution in [2.75, 3.05) is 26.8 Å². The van der Waals surface area contributed by atoms with Gasteiger partial charge in [0.05, 0.1) is 38.6 Å². The maximum absolute atomic E-state index is 11.0. The number of ether oxygens (including phenoxy) is 3. The number of methoxy groups -OCH3 is 1. The summed E-state index contributed by atoms with van der Waals surface area (Å²) < 4.78 is 17.3. The molecule has 0 amide bonds. The summed E-state index contributed by atoms with van der Waals surface area (Å²) in [6.07, 6.45) is 6.52. The molecule has 1 unspecified atom stereocenters. The SMILES string of the molecule is COc1ccc(COC(COCc2ccc(C(=O)O)cc2)CN2C=CCCC2)cc1. The zero-order valence-corrected chi connectivity index (χ0v) is 17.3. The van der Waals surface area contributed by atoms with Crippen LogP contribution in [0.2, 0.25) is 0 Å². The standard InChI is InChI=1S/C24H29NO5/c1-28-22-11-7-20(8-12-22)17-30-23(15-25-13-3-2-4-14-25)18-29-16-19-5-9-21(10-6-19)24(26)27/h3,5-13,23H,2,4,14-18H2,1H3,(H,26,27). The summed E-state index contributed by atoms with van der Waals surface area (Å²) in [7, 11) is 1.65. The van der Waals surface area contributed by atoms with Crippen molar-refractivity contribution in [2.24, 2.45) is 0 Å². The second-order valence-electron chi connectivity index (χ2n) is 7.32. The van der Waals surface area contributed by atoms with E-state index in [1.54, 1.807) is 31.4 Å². The van der Waals surface area contributed by atoms with E-state index in [9.17, 15) is 4.79 Å². The molecular weight excluding hydrogens is 382 g/mol. The van der Waals surface area contributed by atoms with Crippen LogP contribution in [0.5, 0.6) is 5.75 Å². The lowest BCUT2D eigenvalue weighted by atomic mass is 10.1. The normalized spacial score (nSPS) is 14.5. The number of carbonyl (C=O) groups is 1. The maximum atomic E-state index is 11.0. The average Bonchev–Trinajstić information content (AvgIpc) is 2.78. The summed E-state index contributed by atoms with van der Waals surface area (Å²) in [5.74, 6) is -0.102. The fourth-order valence-corrected chi connectivity index (χ4v) is 3.27. The highest BCUT2D eigenvalue weighted by Crippen LogP contribution is 2.14. The molecule has 0 aromatic heterocycles. The third kappa shape index (κ3) is 6.90. The number of hydrogen-bond acceptors (Lipinski definition) is 5. The van der Waals surface area contributed by atoms with Crippen LogP contribution in [0.3, 0.4) is 0 Å². The number of hydrogen-bond donors (Lipinski definition) is 1. The van der Waals surface area contributed by atoms with Gasteiger partial charge in [0.15, 0.2) is 0 Å². The first kappa shape index (κ1) is 21.9. The molecule has 3 rings (SSSR count). The van der Waals surface area contributed by atoms with Gasteiger partial charge in [-0.25, -0.2) is 4.79 Å². The van der Waals surface area contributed by atoms with Gasteiger partial charge in [-0.2, -0.15) is 0 Å². The van der Waals surface area contributed by atoms with Gasteiger partial charge in [0.2, 0.25) is 0 Å². The summed E-state index contributed by atoms with van der Waals surface area (Å²) in [4.78, 5) is 13.2. The van der Waals surface area contributed by atoms with E-state index in [2.05, 4.69) is 17.2 Å². The van der Waals surface area contributed by atoms with Crippen LogP contribution in [0.1, 0.15) is 34.3 Å². The van der Waals surface area contributed by atoms with E-state index >= 15 is 0 Å². The predicted octanol–water partition coefficient (Wildman–Crippen LogP) is 4.10. The van der Waals surface area contributed by atoms with Crippen LogP contribution in [-0.4, -0.2) is 48.9 Å². The smallest absolute Gasteiger partial charge is 0.335 e. The molecule has 0 spiro atoms. The number of benzene rings is 2. The van der Waals surface area contributed by atoms with Crippen molar-refractivity contribution in [3.63, 3.8) is 0 Å². The Balaban J connectivity index is 1.53. The van der Waals surface area contributed by atoms with Crippen LogP contribution in [-0.2, 0) is 22.7 Å². The van der Waals surface area contributed by atoms with Crippen molar-refractivity contribution in [3.8, 4) is 5.75 Å². The molecule has 6 heteroatoms. The molecule has 0 saturated carbocycles. The fraction of sp³-hybridized carbons (Fsp3) is 0.375. The van der Waals surface area contributed by atoms with Gasteiger partial charge >= 0.3 is 5.97 Å². The second-order valence-corrected chi connectivity index (χ2v) is 7.32. The predicted molar refractivity (Wildman–Crippen MR) is 115 cm³/mol. The third-order valence-electron chi connectivity index (χ3n) is 4.99. The number of carboxylic acid groups (broad SMARTS) is 1. The minimum Gasteiger partial charge on any atom is -0.497 e. The third-order valence-corrected chi connectivity index (χ3v) is 4.99. The summed E-state index contributed by atoms with van der Waals surface area (Å²) >= 11 is 0. The zero-order valence-electron chi connectivity index (χ0n) is 17.3. The van der Waals surface area contributed by atoms with Crippen LogP contribution < -0.4 is 4.74 Å². The van der Waals surface area contributed by atoms with E-state index in [1.165, 1.54) is 0 Å². The molecule has 6 nitrogen and oxygen atoms in total. The van der Waals surface area contributed by atoms with Gasteiger partial charge in [-0.1, -0.05) is 30.3 Å². The van der Waals surface area contributed by atoms with Gasteiger partial charge in [-0.05, 0) is 54.4 Å². The quantitative estimate of drug-likeness (QED) is 0.600. The Morgan fingerprint density at radius 3 is 2.40 bits per heavy atom. The lowest BCUT2D eigenvalue weighted by Gasteiger charge is -2.28. The molecular formula is C24H29NO5. The van der Waals surface area contributed by atoms with Gasteiger partial charge in [-0.15, -0.1) is 0 Å². The van der Waals surface area contributed by atoms with Crippen molar-refractivity contribution >= 4 is 5.97 Å².